The Morgan fingerprint density at radius 2 is 1.75 bits per heavy atom. The van der Waals surface area contributed by atoms with Crippen LogP contribution in [0.15, 0.2) is 80.7 Å². The van der Waals surface area contributed by atoms with Gasteiger partial charge >= 0.3 is 0 Å². The summed E-state index contributed by atoms with van der Waals surface area (Å²) in [6.07, 6.45) is 3.02. The van der Waals surface area contributed by atoms with Gasteiger partial charge in [-0.15, -0.1) is 0 Å². The first-order chi connectivity index (χ1) is 11.5. The van der Waals surface area contributed by atoms with E-state index in [1.54, 1.807) is 18.3 Å². The number of rotatable bonds is 5. The molecule has 0 aliphatic rings. The molecule has 0 bridgehead atoms. The molecule has 0 atom stereocenters. The van der Waals surface area contributed by atoms with Crippen LogP contribution in [-0.4, -0.2) is 13.4 Å². The molecular formula is C16H14N4O3S. The molecular weight excluding hydrogens is 328 g/mol. The SMILES string of the molecule is NS(=O)(=O)c1ccc(CN=Nc2ccc(-c3cnco3)cc2)cc1. The van der Waals surface area contributed by atoms with Gasteiger partial charge < -0.3 is 4.42 Å². The van der Waals surface area contributed by atoms with Gasteiger partial charge in [-0.05, 0) is 42.0 Å². The Kier molecular flexibility index (Phi) is 4.50. The van der Waals surface area contributed by atoms with E-state index in [0.29, 0.717) is 18.0 Å². The predicted molar refractivity (Wildman–Crippen MR) is 88.0 cm³/mol. The number of nitrogens with two attached hydrogens (primary N) is 1. The zero-order chi connectivity index (χ0) is 17.0. The molecule has 1 heterocycles. The van der Waals surface area contributed by atoms with Crippen LogP contribution in [0.2, 0.25) is 0 Å². The normalized spacial score (nSPS) is 11.9. The largest absolute Gasteiger partial charge is 0.444 e. The number of primary sulfonamides is 1. The third-order valence-corrected chi connectivity index (χ3v) is 4.20. The molecule has 0 aliphatic carbocycles. The first kappa shape index (κ1) is 16.0. The molecule has 0 saturated carbocycles. The van der Waals surface area contributed by atoms with Gasteiger partial charge in [0, 0.05) is 5.56 Å². The van der Waals surface area contributed by atoms with Crippen LogP contribution in [0.5, 0.6) is 0 Å². The van der Waals surface area contributed by atoms with E-state index in [1.807, 2.05) is 24.3 Å². The van der Waals surface area contributed by atoms with Gasteiger partial charge in [-0.25, -0.2) is 18.5 Å². The zero-order valence-electron chi connectivity index (χ0n) is 12.5. The number of azo groups is 1. The van der Waals surface area contributed by atoms with Crippen molar-refractivity contribution in [1.29, 1.82) is 0 Å². The molecule has 0 amide bonds. The standard InChI is InChI=1S/C16H14N4O3S/c17-24(21,22)15-7-1-12(2-8-15)9-19-20-14-5-3-13(4-6-14)16-10-18-11-23-16/h1-8,10-11H,9H2,(H2,17,21,22). The highest BCUT2D eigenvalue weighted by atomic mass is 32.2. The lowest BCUT2D eigenvalue weighted by Crippen LogP contribution is -2.11. The fourth-order valence-electron chi connectivity index (χ4n) is 2.03. The van der Waals surface area contributed by atoms with Crippen molar-refractivity contribution >= 4 is 15.7 Å². The van der Waals surface area contributed by atoms with E-state index in [9.17, 15) is 8.42 Å². The number of hydrogen-bond donors (Lipinski definition) is 1. The van der Waals surface area contributed by atoms with Gasteiger partial charge in [0.1, 0.15) is 0 Å². The van der Waals surface area contributed by atoms with Crippen LogP contribution < -0.4 is 5.14 Å². The Morgan fingerprint density at radius 3 is 2.33 bits per heavy atom. The fraction of sp³-hybridized carbons (Fsp3) is 0.0625. The number of nitrogens with zero attached hydrogens (tertiary/aromatic N) is 3. The lowest BCUT2D eigenvalue weighted by atomic mass is 10.2. The van der Waals surface area contributed by atoms with Crippen molar-refractivity contribution in [3.05, 3.63) is 66.7 Å². The molecule has 8 heteroatoms. The van der Waals surface area contributed by atoms with Crippen LogP contribution in [0.3, 0.4) is 0 Å². The topological polar surface area (TPSA) is 111 Å². The van der Waals surface area contributed by atoms with Gasteiger partial charge in [-0.1, -0.05) is 12.1 Å². The van der Waals surface area contributed by atoms with E-state index in [1.165, 1.54) is 18.5 Å². The van der Waals surface area contributed by atoms with Gasteiger partial charge in [0.05, 0.1) is 23.3 Å². The maximum Gasteiger partial charge on any atom is 0.238 e. The summed E-state index contributed by atoms with van der Waals surface area (Å²) in [5, 5.41) is 13.3. The second-order valence-corrected chi connectivity index (χ2v) is 6.56. The molecule has 0 aliphatic heterocycles. The lowest BCUT2D eigenvalue weighted by molar-refractivity contribution is 0.572. The summed E-state index contributed by atoms with van der Waals surface area (Å²) < 4.78 is 27.6. The average Bonchev–Trinajstić information content (AvgIpc) is 3.10. The second kappa shape index (κ2) is 6.73. The van der Waals surface area contributed by atoms with Crippen LogP contribution in [0.25, 0.3) is 11.3 Å². The molecule has 24 heavy (non-hydrogen) atoms. The van der Waals surface area contributed by atoms with E-state index in [2.05, 4.69) is 15.2 Å². The number of benzene rings is 2. The van der Waals surface area contributed by atoms with Crippen LogP contribution in [0, 0.1) is 0 Å². The zero-order valence-corrected chi connectivity index (χ0v) is 13.3. The lowest BCUT2D eigenvalue weighted by Gasteiger charge is -2.00. The van der Waals surface area contributed by atoms with Crippen molar-refractivity contribution in [2.24, 2.45) is 15.4 Å². The van der Waals surface area contributed by atoms with Crippen LogP contribution >= 0.6 is 0 Å². The van der Waals surface area contributed by atoms with E-state index >= 15 is 0 Å². The minimum atomic E-state index is -3.67. The Bertz CT molecular complexity index is 932. The van der Waals surface area contributed by atoms with Crippen LogP contribution in [-0.2, 0) is 16.6 Å². The Labute approximate surface area is 138 Å². The Morgan fingerprint density at radius 1 is 1.04 bits per heavy atom. The summed E-state index contributed by atoms with van der Waals surface area (Å²) in [4.78, 5) is 3.95. The molecule has 2 aromatic carbocycles. The molecule has 7 nitrogen and oxygen atoms in total. The summed E-state index contributed by atoms with van der Waals surface area (Å²) >= 11 is 0. The van der Waals surface area contributed by atoms with Gasteiger partial charge in [-0.2, -0.15) is 10.2 Å². The minimum absolute atomic E-state index is 0.0752. The third-order valence-electron chi connectivity index (χ3n) is 3.28. The van der Waals surface area contributed by atoms with Crippen molar-refractivity contribution in [3.63, 3.8) is 0 Å². The number of oxazole rings is 1. The molecule has 0 radical (unpaired) electrons. The molecule has 2 N–H and O–H groups in total. The predicted octanol–water partition coefficient (Wildman–Crippen LogP) is 3.27. The van der Waals surface area contributed by atoms with Gasteiger partial charge in [-0.3, -0.25) is 0 Å². The van der Waals surface area contributed by atoms with Crippen molar-refractivity contribution < 1.29 is 12.8 Å². The molecule has 3 aromatic rings. The first-order valence-corrected chi connectivity index (χ1v) is 8.55. The first-order valence-electron chi connectivity index (χ1n) is 7.00. The molecule has 0 fully saturated rings. The summed E-state index contributed by atoms with van der Waals surface area (Å²) in [6.45, 7) is 0.342. The molecule has 0 unspecified atom stereocenters. The molecule has 1 aromatic heterocycles. The summed E-state index contributed by atoms with van der Waals surface area (Å²) in [6, 6.07) is 13.6. The van der Waals surface area contributed by atoms with Crippen molar-refractivity contribution in [3.8, 4) is 11.3 Å². The third kappa shape index (κ3) is 3.92. The Hall–Kier alpha value is -2.84. The van der Waals surface area contributed by atoms with Gasteiger partial charge in [0.2, 0.25) is 10.0 Å². The number of hydrogen-bond acceptors (Lipinski definition) is 6. The summed E-state index contributed by atoms with van der Waals surface area (Å²) in [5.41, 5.74) is 2.45. The monoisotopic (exact) mass is 342 g/mol. The Balaban J connectivity index is 1.64. The van der Waals surface area contributed by atoms with Crippen LogP contribution in [0.1, 0.15) is 5.56 Å². The van der Waals surface area contributed by atoms with Crippen molar-refractivity contribution in [1.82, 2.24) is 4.98 Å². The average molecular weight is 342 g/mol. The maximum absolute atomic E-state index is 11.2. The van der Waals surface area contributed by atoms with Gasteiger partial charge in [0.25, 0.3) is 0 Å². The van der Waals surface area contributed by atoms with E-state index in [-0.39, 0.29) is 4.90 Å². The fourth-order valence-corrected chi connectivity index (χ4v) is 2.55. The smallest absolute Gasteiger partial charge is 0.238 e. The molecule has 0 spiro atoms. The van der Waals surface area contributed by atoms with Crippen LogP contribution in [0.4, 0.5) is 5.69 Å². The van der Waals surface area contributed by atoms with Crippen molar-refractivity contribution in [2.75, 3.05) is 0 Å². The quantitative estimate of drug-likeness (QED) is 0.717. The highest BCUT2D eigenvalue weighted by Crippen LogP contribution is 2.22. The second-order valence-electron chi connectivity index (χ2n) is 5.00. The number of aromatic nitrogens is 1. The van der Waals surface area contributed by atoms with E-state index in [4.69, 9.17) is 9.56 Å². The maximum atomic E-state index is 11.2. The molecule has 122 valence electrons. The van der Waals surface area contributed by atoms with E-state index < -0.39 is 10.0 Å². The molecule has 3 rings (SSSR count). The van der Waals surface area contributed by atoms with E-state index in [0.717, 1.165) is 11.1 Å². The molecule has 0 saturated heterocycles. The summed E-state index contributed by atoms with van der Waals surface area (Å²) in [7, 11) is -3.67. The highest BCUT2D eigenvalue weighted by Gasteiger charge is 2.06. The minimum Gasteiger partial charge on any atom is -0.444 e. The number of sulfonamides is 1. The van der Waals surface area contributed by atoms with Gasteiger partial charge in [0.15, 0.2) is 12.2 Å². The highest BCUT2D eigenvalue weighted by molar-refractivity contribution is 7.89. The summed E-state index contributed by atoms with van der Waals surface area (Å²) in [5.74, 6) is 0.688. The van der Waals surface area contributed by atoms with Crippen molar-refractivity contribution in [2.45, 2.75) is 11.4 Å².